The predicted molar refractivity (Wildman–Crippen MR) is 135 cm³/mol. The van der Waals surface area contributed by atoms with Gasteiger partial charge in [-0.2, -0.15) is 0 Å². The second-order valence-corrected chi connectivity index (χ2v) is 10.1. The summed E-state index contributed by atoms with van der Waals surface area (Å²) in [6.07, 6.45) is 28.8. The molecule has 1 aromatic rings. The fourth-order valence-corrected chi connectivity index (χ4v) is 5.73. The topological polar surface area (TPSA) is 0 Å². The van der Waals surface area contributed by atoms with Gasteiger partial charge in [0.2, 0.25) is 0 Å². The number of benzene rings is 1. The van der Waals surface area contributed by atoms with Crippen molar-refractivity contribution in [3.05, 3.63) is 35.4 Å². The van der Waals surface area contributed by atoms with Gasteiger partial charge in [-0.25, -0.2) is 0 Å². The smallest absolute Gasteiger partial charge is 0.0131 e. The Morgan fingerprint density at radius 1 is 0.667 bits per heavy atom. The summed E-state index contributed by atoms with van der Waals surface area (Å²) in [6.45, 7) is 4.64. The minimum atomic E-state index is 0.847. The summed E-state index contributed by atoms with van der Waals surface area (Å²) in [7, 11) is 0. The molecule has 1 aliphatic carbocycles. The van der Waals surface area contributed by atoms with Gasteiger partial charge in [0, 0.05) is 0 Å². The van der Waals surface area contributed by atoms with E-state index in [4.69, 9.17) is 0 Å². The molecule has 0 amide bonds. The van der Waals surface area contributed by atoms with Crippen LogP contribution in [0.3, 0.4) is 0 Å². The number of fused-ring (bicyclic) bond motifs is 1. The molecule has 0 saturated heterocycles. The fourth-order valence-electron chi connectivity index (χ4n) is 5.73. The molecular weight excluding hydrogens is 360 g/mol. The summed E-state index contributed by atoms with van der Waals surface area (Å²) in [5, 5.41) is 0. The first-order valence-electron chi connectivity index (χ1n) is 13.9. The van der Waals surface area contributed by atoms with Gasteiger partial charge in [0.1, 0.15) is 0 Å². The summed E-state index contributed by atoms with van der Waals surface area (Å²) >= 11 is 0. The fraction of sp³-hybridized carbons (Fsp3) is 0.800. The van der Waals surface area contributed by atoms with E-state index in [9.17, 15) is 0 Å². The van der Waals surface area contributed by atoms with E-state index in [0.717, 1.165) is 11.8 Å². The molecule has 1 aromatic carbocycles. The van der Waals surface area contributed by atoms with Crippen LogP contribution in [0.2, 0.25) is 0 Å². The second-order valence-electron chi connectivity index (χ2n) is 10.1. The molecule has 2 rings (SSSR count). The van der Waals surface area contributed by atoms with Crippen LogP contribution in [-0.2, 0) is 6.42 Å². The van der Waals surface area contributed by atoms with Gasteiger partial charge in [0.15, 0.2) is 0 Å². The Morgan fingerprint density at radius 2 is 1.17 bits per heavy atom. The lowest BCUT2D eigenvalue weighted by Crippen LogP contribution is -2.19. The molecule has 0 heteroatoms. The molecule has 0 saturated carbocycles. The summed E-state index contributed by atoms with van der Waals surface area (Å²) in [4.78, 5) is 0. The molecular formula is C30H52. The highest BCUT2D eigenvalue weighted by Crippen LogP contribution is 2.41. The minimum Gasteiger partial charge on any atom is -0.0654 e. The zero-order valence-corrected chi connectivity index (χ0v) is 20.6. The summed E-state index contributed by atoms with van der Waals surface area (Å²) < 4.78 is 0. The lowest BCUT2D eigenvalue weighted by molar-refractivity contribution is 0.315. The predicted octanol–water partition coefficient (Wildman–Crippen LogP) is 10.4. The Bertz CT molecular complexity index is 517. The summed E-state index contributed by atoms with van der Waals surface area (Å²) in [6, 6.07) is 9.40. The molecule has 0 aliphatic heterocycles. The third-order valence-electron chi connectivity index (χ3n) is 7.59. The average Bonchev–Trinajstić information content (AvgIpc) is 2.78. The molecule has 1 aliphatic rings. The van der Waals surface area contributed by atoms with Crippen LogP contribution < -0.4 is 0 Å². The maximum absolute atomic E-state index is 2.46. The third kappa shape index (κ3) is 10.0. The van der Waals surface area contributed by atoms with E-state index in [1.165, 1.54) is 128 Å². The van der Waals surface area contributed by atoms with Crippen LogP contribution in [-0.4, -0.2) is 0 Å². The third-order valence-corrected chi connectivity index (χ3v) is 7.59. The number of rotatable bonds is 18. The van der Waals surface area contributed by atoms with Gasteiger partial charge >= 0.3 is 0 Å². The molecule has 30 heavy (non-hydrogen) atoms. The van der Waals surface area contributed by atoms with Gasteiger partial charge in [-0.15, -0.1) is 0 Å². The van der Waals surface area contributed by atoms with Crippen molar-refractivity contribution in [3.8, 4) is 0 Å². The highest BCUT2D eigenvalue weighted by atomic mass is 14.3. The summed E-state index contributed by atoms with van der Waals surface area (Å²) in [5.41, 5.74) is 3.38. The monoisotopic (exact) mass is 412 g/mol. The first-order valence-corrected chi connectivity index (χ1v) is 13.9. The number of aryl methyl sites for hydroxylation is 1. The first-order chi connectivity index (χ1) is 14.9. The number of unbranched alkanes of at least 4 members (excludes halogenated alkanes) is 13. The summed E-state index contributed by atoms with van der Waals surface area (Å²) in [5.74, 6) is 1.78. The maximum Gasteiger partial charge on any atom is -0.0131 e. The Balaban J connectivity index is 1.73. The molecule has 172 valence electrons. The van der Waals surface area contributed by atoms with E-state index in [1.54, 1.807) is 11.1 Å². The molecule has 0 fully saturated rings. The van der Waals surface area contributed by atoms with E-state index < -0.39 is 0 Å². The van der Waals surface area contributed by atoms with E-state index in [1.807, 2.05) is 0 Å². The van der Waals surface area contributed by atoms with Crippen LogP contribution in [0.4, 0.5) is 0 Å². The standard InChI is InChI=1S/C30H52/c1-3-5-7-9-10-11-12-13-15-17-22-27(21-16-14-8-6-4-2)30-26-20-24-28-23-18-19-25-29(28)30/h18-19,23,25,27,30H,3-17,20-22,24,26H2,1-2H3. The molecule has 2 unspecified atom stereocenters. The zero-order chi connectivity index (χ0) is 21.3. The highest BCUT2D eigenvalue weighted by Gasteiger charge is 2.27. The Morgan fingerprint density at radius 3 is 1.73 bits per heavy atom. The van der Waals surface area contributed by atoms with Crippen molar-refractivity contribution >= 4 is 0 Å². The van der Waals surface area contributed by atoms with Gasteiger partial charge in [0.25, 0.3) is 0 Å². The zero-order valence-electron chi connectivity index (χ0n) is 20.6. The molecule has 0 spiro atoms. The highest BCUT2D eigenvalue weighted by molar-refractivity contribution is 5.33. The van der Waals surface area contributed by atoms with Crippen LogP contribution >= 0.6 is 0 Å². The van der Waals surface area contributed by atoms with E-state index >= 15 is 0 Å². The van der Waals surface area contributed by atoms with Gasteiger partial charge in [0.05, 0.1) is 0 Å². The van der Waals surface area contributed by atoms with Crippen molar-refractivity contribution in [2.45, 2.75) is 148 Å². The molecule has 0 heterocycles. The van der Waals surface area contributed by atoms with Crippen LogP contribution in [0.5, 0.6) is 0 Å². The number of hydrogen-bond acceptors (Lipinski definition) is 0. The molecule has 0 bridgehead atoms. The second kappa shape index (κ2) is 16.9. The van der Waals surface area contributed by atoms with Gasteiger partial charge < -0.3 is 0 Å². The van der Waals surface area contributed by atoms with E-state index in [-0.39, 0.29) is 0 Å². The molecule has 0 N–H and O–H groups in total. The van der Waals surface area contributed by atoms with Gasteiger partial charge in [-0.05, 0) is 55.1 Å². The molecule has 0 radical (unpaired) electrons. The van der Waals surface area contributed by atoms with Crippen LogP contribution in [0.25, 0.3) is 0 Å². The molecule has 0 aromatic heterocycles. The van der Waals surface area contributed by atoms with Crippen LogP contribution in [0, 0.1) is 5.92 Å². The normalized spacial score (nSPS) is 17.1. The van der Waals surface area contributed by atoms with Crippen molar-refractivity contribution < 1.29 is 0 Å². The van der Waals surface area contributed by atoms with Crippen molar-refractivity contribution in [1.82, 2.24) is 0 Å². The quantitative estimate of drug-likeness (QED) is 0.210. The minimum absolute atomic E-state index is 0.847. The Labute approximate surface area is 189 Å². The van der Waals surface area contributed by atoms with E-state index in [0.29, 0.717) is 0 Å². The largest absolute Gasteiger partial charge is 0.0654 e. The maximum atomic E-state index is 2.46. The van der Waals surface area contributed by atoms with E-state index in [2.05, 4.69) is 38.1 Å². The van der Waals surface area contributed by atoms with Crippen LogP contribution in [0.1, 0.15) is 153 Å². The van der Waals surface area contributed by atoms with Crippen molar-refractivity contribution in [1.29, 1.82) is 0 Å². The lowest BCUT2D eigenvalue weighted by atomic mass is 9.72. The Kier molecular flexibility index (Phi) is 14.3. The van der Waals surface area contributed by atoms with Crippen molar-refractivity contribution in [3.63, 3.8) is 0 Å². The van der Waals surface area contributed by atoms with Crippen molar-refractivity contribution in [2.24, 2.45) is 5.92 Å². The van der Waals surface area contributed by atoms with Gasteiger partial charge in [-0.1, -0.05) is 134 Å². The van der Waals surface area contributed by atoms with Crippen LogP contribution in [0.15, 0.2) is 24.3 Å². The van der Waals surface area contributed by atoms with Gasteiger partial charge in [-0.3, -0.25) is 0 Å². The molecule has 0 nitrogen and oxygen atoms in total. The number of hydrogen-bond donors (Lipinski definition) is 0. The first kappa shape index (κ1) is 25.5. The van der Waals surface area contributed by atoms with Crippen molar-refractivity contribution in [2.75, 3.05) is 0 Å². The lowest BCUT2D eigenvalue weighted by Gasteiger charge is -2.33. The SMILES string of the molecule is CCCCCCCCCCCCC(CCCCCCC)C1CCCc2ccccc21. The average molecular weight is 413 g/mol. The Hall–Kier alpha value is -0.780. The molecule has 2 atom stereocenters.